The maximum atomic E-state index is 6.70. The molecule has 43 heavy (non-hydrogen) atoms. The predicted octanol–water partition coefficient (Wildman–Crippen LogP) is 7.27. The highest BCUT2D eigenvalue weighted by atomic mass is 16.7. The Morgan fingerprint density at radius 2 is 0.907 bits per heavy atom. The lowest BCUT2D eigenvalue weighted by atomic mass is 9.97. The third-order valence-electron chi connectivity index (χ3n) is 7.19. The molecular formula is C37H41O6+. The minimum absolute atomic E-state index is 0.299. The molecule has 0 N–H and O–H groups in total. The van der Waals surface area contributed by atoms with Crippen molar-refractivity contribution >= 4 is 0 Å². The SMILES string of the molecule is C[C+](C)O[C@@H]1O[C@H](COCc2ccccc2)[C@@H](OCc2ccccc2)[C@H](OCc2ccccc2)[C@H]1OCc1ccccc1. The molecule has 4 aromatic carbocycles. The number of ether oxygens (including phenoxy) is 6. The minimum atomic E-state index is -0.712. The summed E-state index contributed by atoms with van der Waals surface area (Å²) in [6.45, 7) is 5.75. The average Bonchev–Trinajstić information content (AvgIpc) is 3.04. The molecule has 6 nitrogen and oxygen atoms in total. The lowest BCUT2D eigenvalue weighted by Gasteiger charge is -2.44. The first kappa shape index (κ1) is 31.0. The molecule has 224 valence electrons. The zero-order valence-electron chi connectivity index (χ0n) is 24.9. The lowest BCUT2D eigenvalue weighted by molar-refractivity contribution is -0.325. The van der Waals surface area contributed by atoms with Crippen LogP contribution in [-0.4, -0.2) is 37.3 Å². The van der Waals surface area contributed by atoms with Gasteiger partial charge in [-0.3, -0.25) is 0 Å². The molecular weight excluding hydrogens is 540 g/mol. The van der Waals surface area contributed by atoms with Gasteiger partial charge < -0.3 is 23.7 Å². The Morgan fingerprint density at radius 3 is 1.35 bits per heavy atom. The van der Waals surface area contributed by atoms with Gasteiger partial charge in [0.2, 0.25) is 12.4 Å². The monoisotopic (exact) mass is 581 g/mol. The number of rotatable bonds is 15. The second kappa shape index (κ2) is 16.4. The van der Waals surface area contributed by atoms with Crippen LogP contribution in [0.4, 0.5) is 0 Å². The first-order chi connectivity index (χ1) is 21.2. The van der Waals surface area contributed by atoms with Gasteiger partial charge in [0.25, 0.3) is 0 Å². The molecule has 0 amide bonds. The quantitative estimate of drug-likeness (QED) is 0.138. The molecule has 1 aliphatic heterocycles. The van der Waals surface area contributed by atoms with Crippen molar-refractivity contribution in [2.24, 2.45) is 0 Å². The van der Waals surface area contributed by atoms with Gasteiger partial charge in [-0.1, -0.05) is 121 Å². The molecule has 5 atom stereocenters. The van der Waals surface area contributed by atoms with E-state index in [0.29, 0.717) is 33.0 Å². The van der Waals surface area contributed by atoms with E-state index < -0.39 is 30.7 Å². The van der Waals surface area contributed by atoms with Crippen LogP contribution in [0, 0.1) is 6.10 Å². The average molecular weight is 582 g/mol. The van der Waals surface area contributed by atoms with Crippen molar-refractivity contribution in [2.45, 2.75) is 71.0 Å². The van der Waals surface area contributed by atoms with Gasteiger partial charge in [0, 0.05) is 0 Å². The third kappa shape index (κ3) is 9.50. The smallest absolute Gasteiger partial charge is 0.238 e. The van der Waals surface area contributed by atoms with Crippen LogP contribution >= 0.6 is 0 Å². The number of hydrogen-bond donors (Lipinski definition) is 0. The lowest BCUT2D eigenvalue weighted by Crippen LogP contribution is -2.61. The van der Waals surface area contributed by atoms with Gasteiger partial charge >= 0.3 is 0 Å². The Hall–Kier alpha value is -3.49. The first-order valence-corrected chi connectivity index (χ1v) is 14.9. The van der Waals surface area contributed by atoms with Crippen LogP contribution < -0.4 is 0 Å². The summed E-state index contributed by atoms with van der Waals surface area (Å²) in [4.78, 5) is 0. The summed E-state index contributed by atoms with van der Waals surface area (Å²) in [6.07, 6.45) is -1.96. The topological polar surface area (TPSA) is 55.4 Å². The third-order valence-corrected chi connectivity index (χ3v) is 7.19. The Balaban J connectivity index is 1.42. The standard InChI is InChI=1S/C37H41O6/c1-28(2)42-37-36(41-26-32-21-13-6-14-22-32)35(40-25-31-19-11-5-12-20-31)34(39-24-30-17-9-4-10-18-30)33(43-37)27-38-23-29-15-7-3-8-16-29/h3-22,33-37H,23-27H2,1-2H3/q+1/t33-,34-,35+,36-,37-/m1/s1. The molecule has 1 heterocycles. The molecule has 5 rings (SSSR count). The summed E-state index contributed by atoms with van der Waals surface area (Å²) >= 11 is 0. The van der Waals surface area contributed by atoms with Gasteiger partial charge in [0.05, 0.1) is 33.0 Å². The second-order valence-electron chi connectivity index (χ2n) is 10.9. The van der Waals surface area contributed by atoms with Crippen LogP contribution in [0.2, 0.25) is 0 Å². The van der Waals surface area contributed by atoms with E-state index in [1.807, 2.05) is 111 Å². The maximum Gasteiger partial charge on any atom is 0.238 e. The van der Waals surface area contributed by atoms with Crippen molar-refractivity contribution in [1.82, 2.24) is 0 Å². The van der Waals surface area contributed by atoms with E-state index in [4.69, 9.17) is 28.4 Å². The fourth-order valence-electron chi connectivity index (χ4n) is 5.07. The summed E-state index contributed by atoms with van der Waals surface area (Å²) in [7, 11) is 0. The first-order valence-electron chi connectivity index (χ1n) is 14.9. The van der Waals surface area contributed by atoms with Crippen LogP contribution in [0.1, 0.15) is 36.1 Å². The highest BCUT2D eigenvalue weighted by Gasteiger charge is 2.51. The Labute approximate surface area is 255 Å². The second-order valence-corrected chi connectivity index (χ2v) is 10.9. The van der Waals surface area contributed by atoms with Gasteiger partial charge in [-0.15, -0.1) is 0 Å². The minimum Gasteiger partial charge on any atom is -0.374 e. The van der Waals surface area contributed by atoms with E-state index in [0.717, 1.165) is 28.4 Å². The van der Waals surface area contributed by atoms with Crippen LogP contribution in [-0.2, 0) is 54.8 Å². The largest absolute Gasteiger partial charge is 0.374 e. The van der Waals surface area contributed by atoms with Crippen molar-refractivity contribution in [3.63, 3.8) is 0 Å². The molecule has 1 aliphatic rings. The zero-order chi connectivity index (χ0) is 29.7. The van der Waals surface area contributed by atoms with E-state index in [1.165, 1.54) is 0 Å². The van der Waals surface area contributed by atoms with Crippen molar-refractivity contribution in [3.8, 4) is 0 Å². The van der Waals surface area contributed by atoms with Crippen molar-refractivity contribution in [1.29, 1.82) is 0 Å². The van der Waals surface area contributed by atoms with Crippen LogP contribution in [0.15, 0.2) is 121 Å². The summed E-state index contributed by atoms with van der Waals surface area (Å²) in [5.41, 5.74) is 4.26. The van der Waals surface area contributed by atoms with Crippen LogP contribution in [0.25, 0.3) is 0 Å². The summed E-state index contributed by atoms with van der Waals surface area (Å²) in [6, 6.07) is 40.4. The molecule has 0 saturated carbocycles. The van der Waals surface area contributed by atoms with Crippen molar-refractivity contribution < 1.29 is 28.4 Å². The molecule has 0 unspecified atom stereocenters. The Bertz CT molecular complexity index is 1300. The van der Waals surface area contributed by atoms with E-state index in [1.54, 1.807) is 0 Å². The van der Waals surface area contributed by atoms with Crippen LogP contribution in [0.5, 0.6) is 0 Å². The normalized spacial score (nSPS) is 21.9. The van der Waals surface area contributed by atoms with Crippen molar-refractivity contribution in [2.75, 3.05) is 6.61 Å². The highest BCUT2D eigenvalue weighted by Crippen LogP contribution is 2.32. The predicted molar refractivity (Wildman–Crippen MR) is 165 cm³/mol. The Kier molecular flexibility index (Phi) is 11.8. The van der Waals surface area contributed by atoms with E-state index in [2.05, 4.69) is 24.3 Å². The fourth-order valence-corrected chi connectivity index (χ4v) is 5.07. The molecule has 0 radical (unpaired) electrons. The number of hydrogen-bond acceptors (Lipinski definition) is 6. The van der Waals surface area contributed by atoms with E-state index >= 15 is 0 Å². The molecule has 6 heteroatoms. The molecule has 0 bridgehead atoms. The summed E-state index contributed by atoms with van der Waals surface area (Å²) in [5, 5.41) is 0. The van der Waals surface area contributed by atoms with Gasteiger partial charge in [0.1, 0.15) is 38.3 Å². The van der Waals surface area contributed by atoms with E-state index in [9.17, 15) is 0 Å². The fraction of sp³-hybridized carbons (Fsp3) is 0.324. The molecule has 0 aromatic heterocycles. The molecule has 1 fully saturated rings. The molecule has 4 aromatic rings. The highest BCUT2D eigenvalue weighted by molar-refractivity contribution is 5.16. The van der Waals surface area contributed by atoms with Crippen molar-refractivity contribution in [3.05, 3.63) is 150 Å². The van der Waals surface area contributed by atoms with Gasteiger partial charge in [-0.05, 0) is 22.3 Å². The summed E-state index contributed by atoms with van der Waals surface area (Å²) < 4.78 is 39.0. The zero-order valence-corrected chi connectivity index (χ0v) is 24.9. The number of benzene rings is 4. The maximum absolute atomic E-state index is 6.70. The summed E-state index contributed by atoms with van der Waals surface area (Å²) in [5.74, 6) is 0. The molecule has 0 aliphatic carbocycles. The van der Waals surface area contributed by atoms with E-state index in [-0.39, 0.29) is 0 Å². The van der Waals surface area contributed by atoms with Crippen LogP contribution in [0.3, 0.4) is 0 Å². The Morgan fingerprint density at radius 1 is 0.512 bits per heavy atom. The van der Waals surface area contributed by atoms with Gasteiger partial charge in [-0.2, -0.15) is 4.74 Å². The van der Waals surface area contributed by atoms with Gasteiger partial charge in [-0.25, -0.2) is 0 Å². The molecule has 1 saturated heterocycles. The molecule has 0 spiro atoms. The van der Waals surface area contributed by atoms with Gasteiger partial charge in [0.15, 0.2) is 0 Å².